The van der Waals surface area contributed by atoms with Crippen LogP contribution in [0.4, 0.5) is 0 Å². The van der Waals surface area contributed by atoms with Gasteiger partial charge in [-0.2, -0.15) is 0 Å². The molecule has 1 aliphatic rings. The first-order valence-corrected chi connectivity index (χ1v) is 11.8. The average Bonchev–Trinajstić information content (AvgIpc) is 3.42. The van der Waals surface area contributed by atoms with Gasteiger partial charge in [-0.15, -0.1) is 0 Å². The molecule has 2 heterocycles. The second-order valence-electron chi connectivity index (χ2n) is 8.97. The van der Waals surface area contributed by atoms with Crippen LogP contribution in [0.1, 0.15) is 46.9 Å². The lowest BCUT2D eigenvalue weighted by molar-refractivity contribution is -0.137. The molecule has 0 radical (unpaired) electrons. The van der Waals surface area contributed by atoms with E-state index in [0.717, 1.165) is 57.9 Å². The van der Waals surface area contributed by atoms with Gasteiger partial charge in [0.2, 0.25) is 5.89 Å². The molecular weight excluding hydrogens is 442 g/mol. The fourth-order valence-corrected chi connectivity index (χ4v) is 4.75. The van der Waals surface area contributed by atoms with Crippen LogP contribution in [-0.4, -0.2) is 32.6 Å². The SMILES string of the molecule is Cc1ccc(-c2nc(CCOc3ccc4c(c3)CC[C@H]4CC(=O)O)c(C)o2)cc1-c1cncnc1. The lowest BCUT2D eigenvalue weighted by Gasteiger charge is -2.10. The van der Waals surface area contributed by atoms with Crippen molar-refractivity contribution in [2.75, 3.05) is 6.61 Å². The molecule has 2 aromatic carbocycles. The van der Waals surface area contributed by atoms with Gasteiger partial charge in [-0.05, 0) is 79.1 Å². The maximum absolute atomic E-state index is 11.1. The van der Waals surface area contributed by atoms with E-state index in [9.17, 15) is 4.79 Å². The Labute approximate surface area is 203 Å². The van der Waals surface area contributed by atoms with Crippen LogP contribution in [-0.2, 0) is 17.6 Å². The summed E-state index contributed by atoms with van der Waals surface area (Å²) in [5, 5.41) is 9.11. The van der Waals surface area contributed by atoms with Crippen LogP contribution in [0.25, 0.3) is 22.6 Å². The predicted molar refractivity (Wildman–Crippen MR) is 131 cm³/mol. The number of benzene rings is 2. The number of carboxylic acids is 1. The molecule has 0 bridgehead atoms. The number of carbonyl (C=O) groups is 1. The highest BCUT2D eigenvalue weighted by Gasteiger charge is 2.25. The van der Waals surface area contributed by atoms with Crippen LogP contribution in [0, 0.1) is 13.8 Å². The van der Waals surface area contributed by atoms with E-state index in [2.05, 4.69) is 29.0 Å². The quantitative estimate of drug-likeness (QED) is 0.362. The van der Waals surface area contributed by atoms with Crippen LogP contribution in [0.15, 0.2) is 59.5 Å². The molecule has 5 rings (SSSR count). The Balaban J connectivity index is 1.26. The minimum Gasteiger partial charge on any atom is -0.493 e. The van der Waals surface area contributed by atoms with E-state index < -0.39 is 5.97 Å². The Kier molecular flexibility index (Phi) is 6.31. The first kappa shape index (κ1) is 22.8. The minimum absolute atomic E-state index is 0.101. The normalized spacial score (nSPS) is 14.6. The largest absolute Gasteiger partial charge is 0.493 e. The maximum Gasteiger partial charge on any atom is 0.303 e. The molecule has 1 N–H and O–H groups in total. The molecule has 7 heteroatoms. The number of aryl methyl sites for hydroxylation is 3. The molecular formula is C28H27N3O4. The maximum atomic E-state index is 11.1. The molecule has 0 unspecified atom stereocenters. The van der Waals surface area contributed by atoms with Crippen LogP contribution in [0.3, 0.4) is 0 Å². The first-order chi connectivity index (χ1) is 17.0. The van der Waals surface area contributed by atoms with Crippen molar-refractivity contribution < 1.29 is 19.1 Å². The molecule has 35 heavy (non-hydrogen) atoms. The number of ether oxygens (including phenoxy) is 1. The van der Waals surface area contributed by atoms with Crippen molar-refractivity contribution in [3.05, 3.63) is 83.3 Å². The van der Waals surface area contributed by atoms with E-state index in [4.69, 9.17) is 19.2 Å². The molecule has 178 valence electrons. The van der Waals surface area contributed by atoms with Crippen molar-refractivity contribution >= 4 is 5.97 Å². The topological polar surface area (TPSA) is 98.3 Å². The molecule has 4 aromatic rings. The van der Waals surface area contributed by atoms with Crippen LogP contribution >= 0.6 is 0 Å². The van der Waals surface area contributed by atoms with Crippen molar-refractivity contribution in [2.24, 2.45) is 0 Å². The summed E-state index contributed by atoms with van der Waals surface area (Å²) in [7, 11) is 0. The summed E-state index contributed by atoms with van der Waals surface area (Å²) in [4.78, 5) is 24.1. The summed E-state index contributed by atoms with van der Waals surface area (Å²) in [6.07, 6.45) is 7.70. The number of oxazole rings is 1. The minimum atomic E-state index is -0.749. The molecule has 0 spiro atoms. The van der Waals surface area contributed by atoms with Crippen molar-refractivity contribution in [3.8, 4) is 28.3 Å². The van der Waals surface area contributed by atoms with Crippen molar-refractivity contribution in [3.63, 3.8) is 0 Å². The zero-order valence-corrected chi connectivity index (χ0v) is 19.8. The Morgan fingerprint density at radius 3 is 2.74 bits per heavy atom. The average molecular weight is 470 g/mol. The van der Waals surface area contributed by atoms with Gasteiger partial charge in [0.25, 0.3) is 0 Å². The number of nitrogens with zero attached hydrogens (tertiary/aromatic N) is 3. The lowest BCUT2D eigenvalue weighted by Crippen LogP contribution is -2.04. The van der Waals surface area contributed by atoms with Gasteiger partial charge < -0.3 is 14.3 Å². The number of rotatable bonds is 8. The van der Waals surface area contributed by atoms with E-state index >= 15 is 0 Å². The van der Waals surface area contributed by atoms with Crippen LogP contribution in [0.5, 0.6) is 5.75 Å². The summed E-state index contributed by atoms with van der Waals surface area (Å²) in [6, 6.07) is 12.1. The number of hydrogen-bond donors (Lipinski definition) is 1. The second kappa shape index (κ2) is 9.70. The number of hydrogen-bond acceptors (Lipinski definition) is 6. The van der Waals surface area contributed by atoms with E-state index in [1.165, 1.54) is 11.9 Å². The zero-order chi connectivity index (χ0) is 24.4. The zero-order valence-electron chi connectivity index (χ0n) is 19.8. The Bertz CT molecular complexity index is 1360. The molecule has 7 nitrogen and oxygen atoms in total. The Morgan fingerprint density at radius 1 is 1.11 bits per heavy atom. The first-order valence-electron chi connectivity index (χ1n) is 11.8. The molecule has 2 aromatic heterocycles. The monoisotopic (exact) mass is 469 g/mol. The third-order valence-corrected chi connectivity index (χ3v) is 6.59. The number of fused-ring (bicyclic) bond motifs is 1. The van der Waals surface area contributed by atoms with Gasteiger partial charge in [0.05, 0.1) is 18.7 Å². The van der Waals surface area contributed by atoms with Crippen molar-refractivity contribution in [2.45, 2.75) is 45.4 Å². The summed E-state index contributed by atoms with van der Waals surface area (Å²) in [5.74, 6) is 1.51. The van der Waals surface area contributed by atoms with Gasteiger partial charge >= 0.3 is 5.97 Å². The van der Waals surface area contributed by atoms with Gasteiger partial charge in [-0.3, -0.25) is 4.79 Å². The standard InChI is InChI=1S/C28H27N3O4/c1-17-3-4-21(12-25(17)22-14-29-16-30-15-22)28-31-26(18(2)35-28)9-10-34-23-7-8-24-19(11-23)5-6-20(24)13-27(32)33/h3-4,7-8,11-12,14-16,20H,5-6,9-10,13H2,1-2H3,(H,32,33)/t20-/m0/s1. The third kappa shape index (κ3) is 4.94. The van der Waals surface area contributed by atoms with Gasteiger partial charge in [0.1, 0.15) is 17.8 Å². The summed E-state index contributed by atoms with van der Waals surface area (Å²) < 4.78 is 12.0. The second-order valence-corrected chi connectivity index (χ2v) is 8.97. The fourth-order valence-electron chi connectivity index (χ4n) is 4.75. The van der Waals surface area contributed by atoms with E-state index in [1.807, 2.05) is 31.2 Å². The number of carboxylic acid groups (broad SMARTS) is 1. The van der Waals surface area contributed by atoms with Gasteiger partial charge in [-0.1, -0.05) is 12.1 Å². The highest BCUT2D eigenvalue weighted by Crippen LogP contribution is 2.37. The molecule has 0 saturated carbocycles. The van der Waals surface area contributed by atoms with Crippen molar-refractivity contribution in [1.82, 2.24) is 15.0 Å². The predicted octanol–water partition coefficient (Wildman–Crippen LogP) is 5.54. The van der Waals surface area contributed by atoms with Crippen molar-refractivity contribution in [1.29, 1.82) is 0 Å². The van der Waals surface area contributed by atoms with Crippen LogP contribution < -0.4 is 4.74 Å². The fraction of sp³-hybridized carbons (Fsp3) is 0.286. The van der Waals surface area contributed by atoms with E-state index in [-0.39, 0.29) is 12.3 Å². The summed E-state index contributed by atoms with van der Waals surface area (Å²) >= 11 is 0. The van der Waals surface area contributed by atoms with Gasteiger partial charge in [0.15, 0.2) is 0 Å². The van der Waals surface area contributed by atoms with E-state index in [0.29, 0.717) is 18.9 Å². The van der Waals surface area contributed by atoms with Crippen LogP contribution in [0.2, 0.25) is 0 Å². The number of aromatic nitrogens is 3. The third-order valence-electron chi connectivity index (χ3n) is 6.59. The molecule has 0 saturated heterocycles. The Morgan fingerprint density at radius 2 is 1.94 bits per heavy atom. The Hall–Kier alpha value is -4.00. The van der Waals surface area contributed by atoms with E-state index in [1.54, 1.807) is 12.4 Å². The highest BCUT2D eigenvalue weighted by molar-refractivity contribution is 5.72. The molecule has 0 aliphatic heterocycles. The summed E-state index contributed by atoms with van der Waals surface area (Å²) in [5.41, 5.74) is 7.22. The summed E-state index contributed by atoms with van der Waals surface area (Å²) in [6.45, 7) is 4.45. The highest BCUT2D eigenvalue weighted by atomic mass is 16.5. The van der Waals surface area contributed by atoms with Gasteiger partial charge in [-0.25, -0.2) is 15.0 Å². The number of aliphatic carboxylic acids is 1. The smallest absolute Gasteiger partial charge is 0.303 e. The van der Waals surface area contributed by atoms with Gasteiger partial charge in [0, 0.05) is 29.9 Å². The molecule has 1 atom stereocenters. The molecule has 1 aliphatic carbocycles. The molecule has 0 amide bonds. The lowest BCUT2D eigenvalue weighted by atomic mass is 9.98. The molecule has 0 fully saturated rings.